The molecule has 0 spiro atoms. The van der Waals surface area contributed by atoms with Gasteiger partial charge in [-0.1, -0.05) is 23.3 Å². The molecule has 0 aliphatic heterocycles. The standard InChI is InChI=1S/C18H24ClNOS/c19-16-8-10-17(11-9-16)22-14-4-7-18(21)20-13-12-15-5-2-1-3-6-15/h5,8-11H,1-4,6-7,12-14H2,(H,20,21). The minimum atomic E-state index is 0.174. The van der Waals surface area contributed by atoms with E-state index >= 15 is 0 Å². The number of thioether (sulfide) groups is 1. The van der Waals surface area contributed by atoms with Crippen LogP contribution >= 0.6 is 23.4 Å². The first-order valence-electron chi connectivity index (χ1n) is 8.07. The van der Waals surface area contributed by atoms with Gasteiger partial charge in [-0.25, -0.2) is 0 Å². The fourth-order valence-corrected chi connectivity index (χ4v) is 3.52. The third-order valence-electron chi connectivity index (χ3n) is 3.78. The molecule has 2 nitrogen and oxygen atoms in total. The molecule has 0 atom stereocenters. The van der Waals surface area contributed by atoms with Crippen LogP contribution in [0.1, 0.15) is 44.9 Å². The van der Waals surface area contributed by atoms with E-state index in [4.69, 9.17) is 11.6 Å². The molecule has 1 aromatic rings. The minimum absolute atomic E-state index is 0.174. The molecular weight excluding hydrogens is 314 g/mol. The first-order valence-corrected chi connectivity index (χ1v) is 9.43. The van der Waals surface area contributed by atoms with Crippen LogP contribution in [-0.2, 0) is 4.79 Å². The van der Waals surface area contributed by atoms with Gasteiger partial charge in [0.2, 0.25) is 5.91 Å². The topological polar surface area (TPSA) is 29.1 Å². The van der Waals surface area contributed by atoms with Crippen LogP contribution < -0.4 is 5.32 Å². The van der Waals surface area contributed by atoms with Crippen molar-refractivity contribution in [1.29, 1.82) is 0 Å². The molecule has 120 valence electrons. The van der Waals surface area contributed by atoms with Crippen LogP contribution in [-0.4, -0.2) is 18.2 Å². The number of hydrogen-bond donors (Lipinski definition) is 1. The Labute approximate surface area is 142 Å². The maximum atomic E-state index is 11.8. The van der Waals surface area contributed by atoms with E-state index in [-0.39, 0.29) is 5.91 Å². The number of allylic oxidation sites excluding steroid dienone is 1. The molecule has 1 aromatic carbocycles. The van der Waals surface area contributed by atoms with Gasteiger partial charge in [0.05, 0.1) is 0 Å². The predicted molar refractivity (Wildman–Crippen MR) is 95.6 cm³/mol. The molecule has 0 heterocycles. The van der Waals surface area contributed by atoms with Crippen LogP contribution in [0.25, 0.3) is 0 Å². The maximum Gasteiger partial charge on any atom is 0.220 e. The lowest BCUT2D eigenvalue weighted by molar-refractivity contribution is -0.121. The maximum absolute atomic E-state index is 11.8. The van der Waals surface area contributed by atoms with Crippen LogP contribution in [0.15, 0.2) is 40.8 Å². The molecule has 4 heteroatoms. The van der Waals surface area contributed by atoms with Gasteiger partial charge in [0.15, 0.2) is 0 Å². The van der Waals surface area contributed by atoms with Crippen LogP contribution in [0.4, 0.5) is 0 Å². The molecule has 0 saturated carbocycles. The number of carbonyl (C=O) groups excluding carboxylic acids is 1. The summed E-state index contributed by atoms with van der Waals surface area (Å²) in [6, 6.07) is 7.84. The number of benzene rings is 1. The Morgan fingerprint density at radius 3 is 2.77 bits per heavy atom. The van der Waals surface area contributed by atoms with E-state index in [2.05, 4.69) is 11.4 Å². The molecule has 0 bridgehead atoms. The molecule has 0 aromatic heterocycles. The Balaban J connectivity index is 1.52. The van der Waals surface area contributed by atoms with E-state index in [9.17, 15) is 4.79 Å². The highest BCUT2D eigenvalue weighted by Gasteiger charge is 2.05. The van der Waals surface area contributed by atoms with Crippen LogP contribution in [0.5, 0.6) is 0 Å². The normalized spacial score (nSPS) is 14.5. The van der Waals surface area contributed by atoms with Crippen molar-refractivity contribution in [2.45, 2.75) is 49.8 Å². The molecule has 0 radical (unpaired) electrons. The second kappa shape index (κ2) is 9.96. The summed E-state index contributed by atoms with van der Waals surface area (Å²) in [4.78, 5) is 13.0. The van der Waals surface area contributed by atoms with Gasteiger partial charge in [-0.2, -0.15) is 0 Å². The second-order valence-electron chi connectivity index (χ2n) is 5.61. The summed E-state index contributed by atoms with van der Waals surface area (Å²) in [5, 5.41) is 3.79. The van der Waals surface area contributed by atoms with Crippen molar-refractivity contribution >= 4 is 29.3 Å². The largest absolute Gasteiger partial charge is 0.356 e. The average Bonchev–Trinajstić information content (AvgIpc) is 2.54. The number of halogens is 1. The molecule has 22 heavy (non-hydrogen) atoms. The average molecular weight is 338 g/mol. The van der Waals surface area contributed by atoms with Crippen molar-refractivity contribution in [3.05, 3.63) is 40.9 Å². The lowest BCUT2D eigenvalue weighted by atomic mass is 9.97. The SMILES string of the molecule is O=C(CCCSc1ccc(Cl)cc1)NCCC1=CCCCC1. The summed E-state index contributed by atoms with van der Waals surface area (Å²) in [6.45, 7) is 0.787. The molecule has 1 amide bonds. The summed E-state index contributed by atoms with van der Waals surface area (Å²) in [5.41, 5.74) is 1.52. The zero-order valence-electron chi connectivity index (χ0n) is 12.9. The highest BCUT2D eigenvalue weighted by Crippen LogP contribution is 2.21. The smallest absolute Gasteiger partial charge is 0.220 e. The fraction of sp³-hybridized carbons (Fsp3) is 0.500. The van der Waals surface area contributed by atoms with Gasteiger partial charge in [0.1, 0.15) is 0 Å². The van der Waals surface area contributed by atoms with Crippen molar-refractivity contribution in [3.8, 4) is 0 Å². The molecule has 1 aliphatic rings. The molecule has 0 unspecified atom stereocenters. The van der Waals surface area contributed by atoms with E-state index in [0.29, 0.717) is 6.42 Å². The van der Waals surface area contributed by atoms with Gasteiger partial charge in [0, 0.05) is 22.9 Å². The summed E-state index contributed by atoms with van der Waals surface area (Å²) < 4.78 is 0. The third-order valence-corrected chi connectivity index (χ3v) is 5.13. The van der Waals surface area contributed by atoms with Crippen molar-refractivity contribution in [2.75, 3.05) is 12.3 Å². The zero-order valence-corrected chi connectivity index (χ0v) is 14.5. The Bertz CT molecular complexity index is 498. The van der Waals surface area contributed by atoms with Gasteiger partial charge in [0.25, 0.3) is 0 Å². The number of rotatable bonds is 8. The highest BCUT2D eigenvalue weighted by atomic mass is 35.5. The minimum Gasteiger partial charge on any atom is -0.356 e. The number of nitrogens with one attached hydrogen (secondary N) is 1. The number of amides is 1. The van der Waals surface area contributed by atoms with Gasteiger partial charge in [-0.3, -0.25) is 4.79 Å². The highest BCUT2D eigenvalue weighted by molar-refractivity contribution is 7.99. The predicted octanol–water partition coefficient (Wildman–Crippen LogP) is 5.22. The second-order valence-corrected chi connectivity index (χ2v) is 7.22. The molecule has 1 N–H and O–H groups in total. The summed E-state index contributed by atoms with van der Waals surface area (Å²) in [7, 11) is 0. The molecule has 1 aliphatic carbocycles. The summed E-state index contributed by atoms with van der Waals surface area (Å²) in [5.74, 6) is 1.13. The van der Waals surface area contributed by atoms with E-state index in [1.165, 1.54) is 36.2 Å². The first kappa shape index (κ1) is 17.4. The summed E-state index contributed by atoms with van der Waals surface area (Å²) >= 11 is 7.62. The Hall–Kier alpha value is -0.930. The molecular formula is C18H24ClNOS. The Morgan fingerprint density at radius 1 is 1.23 bits per heavy atom. The number of hydrogen-bond acceptors (Lipinski definition) is 2. The quantitative estimate of drug-likeness (QED) is 0.400. The van der Waals surface area contributed by atoms with E-state index in [1.807, 2.05) is 24.3 Å². The molecule has 0 fully saturated rings. The van der Waals surface area contributed by atoms with Crippen molar-refractivity contribution in [1.82, 2.24) is 5.32 Å². The fourth-order valence-electron chi connectivity index (χ4n) is 2.54. The third kappa shape index (κ3) is 6.89. The van der Waals surface area contributed by atoms with E-state index < -0.39 is 0 Å². The van der Waals surface area contributed by atoms with Gasteiger partial charge in [-0.05, 0) is 68.5 Å². The van der Waals surface area contributed by atoms with Crippen LogP contribution in [0.2, 0.25) is 5.02 Å². The van der Waals surface area contributed by atoms with E-state index in [0.717, 1.165) is 30.2 Å². The first-order chi connectivity index (χ1) is 10.7. The molecule has 2 rings (SSSR count). The van der Waals surface area contributed by atoms with Crippen molar-refractivity contribution < 1.29 is 4.79 Å². The van der Waals surface area contributed by atoms with E-state index in [1.54, 1.807) is 11.8 Å². The van der Waals surface area contributed by atoms with Crippen molar-refractivity contribution in [2.24, 2.45) is 0 Å². The molecule has 0 saturated heterocycles. The van der Waals surface area contributed by atoms with Gasteiger partial charge in [-0.15, -0.1) is 11.8 Å². The van der Waals surface area contributed by atoms with Crippen LogP contribution in [0.3, 0.4) is 0 Å². The Kier molecular flexibility index (Phi) is 7.89. The van der Waals surface area contributed by atoms with Crippen molar-refractivity contribution in [3.63, 3.8) is 0 Å². The Morgan fingerprint density at radius 2 is 2.05 bits per heavy atom. The van der Waals surface area contributed by atoms with Gasteiger partial charge < -0.3 is 5.32 Å². The number of carbonyl (C=O) groups is 1. The monoisotopic (exact) mass is 337 g/mol. The van der Waals surface area contributed by atoms with Gasteiger partial charge >= 0.3 is 0 Å². The zero-order chi connectivity index (χ0) is 15.6. The lowest BCUT2D eigenvalue weighted by Gasteiger charge is -2.12. The van der Waals surface area contributed by atoms with Crippen LogP contribution in [0, 0.1) is 0 Å². The summed E-state index contributed by atoms with van der Waals surface area (Å²) in [6.07, 6.45) is 9.94. The lowest BCUT2D eigenvalue weighted by Crippen LogP contribution is -2.24.